The molecule has 5 heteroatoms. The van der Waals surface area contributed by atoms with Gasteiger partial charge >= 0.3 is 0 Å². The molecule has 0 radical (unpaired) electrons. The highest BCUT2D eigenvalue weighted by atomic mass is 35.5. The van der Waals surface area contributed by atoms with Crippen molar-refractivity contribution >= 4 is 11.6 Å². The van der Waals surface area contributed by atoms with Crippen molar-refractivity contribution in [2.24, 2.45) is 7.05 Å². The molecule has 2 rings (SSSR count). The quantitative estimate of drug-likeness (QED) is 0.739. The van der Waals surface area contributed by atoms with E-state index in [-0.39, 0.29) is 0 Å². The standard InChI is InChI=1S/C11H19ClN4/c1-15-11(13-9-14-15)8-16-7-3-5-10(16)4-2-6-12/h9-10H,2-8H2,1H3. The summed E-state index contributed by atoms with van der Waals surface area (Å²) >= 11 is 5.75. The van der Waals surface area contributed by atoms with E-state index < -0.39 is 0 Å². The number of aromatic nitrogens is 3. The van der Waals surface area contributed by atoms with Crippen LogP contribution in [0.5, 0.6) is 0 Å². The molecule has 0 aromatic carbocycles. The summed E-state index contributed by atoms with van der Waals surface area (Å²) in [6.45, 7) is 2.10. The zero-order valence-corrected chi connectivity index (χ0v) is 10.5. The fourth-order valence-corrected chi connectivity index (χ4v) is 2.54. The van der Waals surface area contributed by atoms with Crippen molar-refractivity contribution in [2.75, 3.05) is 12.4 Å². The second-order valence-electron chi connectivity index (χ2n) is 4.40. The van der Waals surface area contributed by atoms with Gasteiger partial charge in [0.25, 0.3) is 0 Å². The van der Waals surface area contributed by atoms with E-state index in [9.17, 15) is 0 Å². The maximum absolute atomic E-state index is 5.75. The van der Waals surface area contributed by atoms with E-state index >= 15 is 0 Å². The van der Waals surface area contributed by atoms with Gasteiger partial charge in [-0.3, -0.25) is 9.58 Å². The molecule has 1 aliphatic rings. The predicted molar refractivity (Wildman–Crippen MR) is 64.4 cm³/mol. The van der Waals surface area contributed by atoms with Crippen LogP contribution in [0, 0.1) is 0 Å². The highest BCUT2D eigenvalue weighted by molar-refractivity contribution is 6.17. The Hall–Kier alpha value is -0.610. The minimum atomic E-state index is 0.690. The van der Waals surface area contributed by atoms with Crippen molar-refractivity contribution in [3.63, 3.8) is 0 Å². The second-order valence-corrected chi connectivity index (χ2v) is 4.78. The minimum absolute atomic E-state index is 0.690. The summed E-state index contributed by atoms with van der Waals surface area (Å²) in [5.41, 5.74) is 0. The molecule has 1 unspecified atom stereocenters. The number of alkyl halides is 1. The molecule has 0 spiro atoms. The summed E-state index contributed by atoms with van der Waals surface area (Å²) in [6.07, 6.45) is 6.54. The van der Waals surface area contributed by atoms with Crippen LogP contribution in [0.25, 0.3) is 0 Å². The van der Waals surface area contributed by atoms with Gasteiger partial charge in [0.05, 0.1) is 6.54 Å². The third kappa shape index (κ3) is 2.74. The Balaban J connectivity index is 1.91. The Morgan fingerprint density at radius 2 is 2.44 bits per heavy atom. The third-order valence-corrected chi connectivity index (χ3v) is 3.59. The highest BCUT2D eigenvalue weighted by Gasteiger charge is 2.24. The third-order valence-electron chi connectivity index (χ3n) is 3.32. The topological polar surface area (TPSA) is 34.0 Å². The predicted octanol–water partition coefficient (Wildman–Crippen LogP) is 1.80. The first-order valence-corrected chi connectivity index (χ1v) is 6.47. The van der Waals surface area contributed by atoms with Gasteiger partial charge in [-0.05, 0) is 32.2 Å². The van der Waals surface area contributed by atoms with Gasteiger partial charge in [0.2, 0.25) is 0 Å². The molecule has 1 aromatic heterocycles. The van der Waals surface area contributed by atoms with Crippen LogP contribution in [0.4, 0.5) is 0 Å². The summed E-state index contributed by atoms with van der Waals surface area (Å²) in [7, 11) is 1.95. The fraction of sp³-hybridized carbons (Fsp3) is 0.818. The van der Waals surface area contributed by atoms with Gasteiger partial charge in [-0.15, -0.1) is 11.6 Å². The molecule has 0 amide bonds. The Bertz CT molecular complexity index is 326. The Kier molecular flexibility index (Phi) is 4.18. The number of aryl methyl sites for hydroxylation is 1. The van der Waals surface area contributed by atoms with Crippen molar-refractivity contribution in [3.05, 3.63) is 12.2 Å². The average Bonchev–Trinajstić information content (AvgIpc) is 2.87. The van der Waals surface area contributed by atoms with Crippen molar-refractivity contribution in [1.29, 1.82) is 0 Å². The van der Waals surface area contributed by atoms with Crippen molar-refractivity contribution in [2.45, 2.75) is 38.3 Å². The van der Waals surface area contributed by atoms with Crippen LogP contribution in [0.3, 0.4) is 0 Å². The van der Waals surface area contributed by atoms with Gasteiger partial charge in [0.15, 0.2) is 0 Å². The lowest BCUT2D eigenvalue weighted by Gasteiger charge is -2.23. The number of halogens is 1. The van der Waals surface area contributed by atoms with Crippen LogP contribution in [-0.2, 0) is 13.6 Å². The first kappa shape index (κ1) is 11.9. The zero-order chi connectivity index (χ0) is 11.4. The molecule has 0 saturated carbocycles. The second kappa shape index (κ2) is 5.64. The highest BCUT2D eigenvalue weighted by Crippen LogP contribution is 2.22. The largest absolute Gasteiger partial charge is 0.293 e. The Morgan fingerprint density at radius 1 is 1.56 bits per heavy atom. The van der Waals surface area contributed by atoms with Gasteiger partial charge < -0.3 is 0 Å². The van der Waals surface area contributed by atoms with E-state index in [0.29, 0.717) is 6.04 Å². The molecule has 0 N–H and O–H groups in total. The van der Waals surface area contributed by atoms with Gasteiger partial charge in [-0.1, -0.05) is 0 Å². The molecule has 1 saturated heterocycles. The van der Waals surface area contributed by atoms with Crippen LogP contribution in [-0.4, -0.2) is 38.1 Å². The monoisotopic (exact) mass is 242 g/mol. The van der Waals surface area contributed by atoms with Gasteiger partial charge in [0, 0.05) is 19.0 Å². The summed E-state index contributed by atoms with van der Waals surface area (Å²) in [5, 5.41) is 4.10. The smallest absolute Gasteiger partial charge is 0.140 e. The molecular formula is C11H19ClN4. The lowest BCUT2D eigenvalue weighted by atomic mass is 10.1. The van der Waals surface area contributed by atoms with E-state index in [2.05, 4.69) is 15.0 Å². The summed E-state index contributed by atoms with van der Waals surface area (Å²) in [4.78, 5) is 6.79. The van der Waals surface area contributed by atoms with E-state index in [0.717, 1.165) is 24.7 Å². The summed E-state index contributed by atoms with van der Waals surface area (Å²) in [6, 6.07) is 0.690. The number of rotatable bonds is 5. The molecule has 4 nitrogen and oxygen atoms in total. The number of nitrogens with zero attached hydrogens (tertiary/aromatic N) is 4. The molecule has 0 aliphatic carbocycles. The van der Waals surface area contributed by atoms with Gasteiger partial charge in [0.1, 0.15) is 12.2 Å². The van der Waals surface area contributed by atoms with Crippen LogP contribution >= 0.6 is 11.6 Å². The maximum Gasteiger partial charge on any atom is 0.140 e. The van der Waals surface area contributed by atoms with Crippen molar-refractivity contribution in [1.82, 2.24) is 19.7 Å². The Morgan fingerprint density at radius 3 is 3.12 bits per heavy atom. The van der Waals surface area contributed by atoms with Crippen molar-refractivity contribution < 1.29 is 0 Å². The molecule has 1 aliphatic heterocycles. The SMILES string of the molecule is Cn1ncnc1CN1CCCC1CCCCl. The lowest BCUT2D eigenvalue weighted by molar-refractivity contribution is 0.225. The molecule has 0 bridgehead atoms. The molecule has 2 heterocycles. The van der Waals surface area contributed by atoms with Gasteiger partial charge in [-0.2, -0.15) is 5.10 Å². The van der Waals surface area contributed by atoms with E-state index in [1.165, 1.54) is 25.8 Å². The molecule has 1 fully saturated rings. The fourth-order valence-electron chi connectivity index (χ4n) is 2.39. The normalized spacial score (nSPS) is 21.8. The van der Waals surface area contributed by atoms with Crippen molar-refractivity contribution in [3.8, 4) is 0 Å². The number of hydrogen-bond donors (Lipinski definition) is 0. The number of hydrogen-bond acceptors (Lipinski definition) is 3. The van der Waals surface area contributed by atoms with E-state index in [4.69, 9.17) is 11.6 Å². The van der Waals surface area contributed by atoms with Gasteiger partial charge in [-0.25, -0.2) is 4.98 Å². The molecule has 90 valence electrons. The minimum Gasteiger partial charge on any atom is -0.293 e. The van der Waals surface area contributed by atoms with Crippen LogP contribution < -0.4 is 0 Å². The molecule has 1 atom stereocenters. The first-order chi connectivity index (χ1) is 7.81. The lowest BCUT2D eigenvalue weighted by Crippen LogP contribution is -2.30. The molecule has 1 aromatic rings. The number of likely N-dealkylation sites (tertiary alicyclic amines) is 1. The Labute approximate surface area is 102 Å². The van der Waals surface area contributed by atoms with E-state index in [1.807, 2.05) is 11.7 Å². The van der Waals surface area contributed by atoms with Crippen LogP contribution in [0.15, 0.2) is 6.33 Å². The van der Waals surface area contributed by atoms with Crippen LogP contribution in [0.2, 0.25) is 0 Å². The molecular weight excluding hydrogens is 224 g/mol. The molecule has 16 heavy (non-hydrogen) atoms. The van der Waals surface area contributed by atoms with E-state index in [1.54, 1.807) is 6.33 Å². The average molecular weight is 243 g/mol. The first-order valence-electron chi connectivity index (χ1n) is 5.94. The van der Waals surface area contributed by atoms with Crippen LogP contribution in [0.1, 0.15) is 31.5 Å². The summed E-state index contributed by atoms with van der Waals surface area (Å²) < 4.78 is 1.86. The summed E-state index contributed by atoms with van der Waals surface area (Å²) in [5.74, 6) is 1.83. The zero-order valence-electron chi connectivity index (χ0n) is 9.77. The maximum atomic E-state index is 5.75.